The Labute approximate surface area is 91.4 Å². The van der Waals surface area contributed by atoms with Gasteiger partial charge in [-0.2, -0.15) is 0 Å². The molecule has 0 aromatic carbocycles. The van der Waals surface area contributed by atoms with Crippen LogP contribution in [0.3, 0.4) is 0 Å². The van der Waals surface area contributed by atoms with Crippen molar-refractivity contribution in [3.8, 4) is 0 Å². The SMILES string of the molecule is C=CC(=O)OC1CC(C)CC(C(C)C)O1. The number of hydrogen-bond donors (Lipinski definition) is 0. The molecule has 1 aliphatic rings. The van der Waals surface area contributed by atoms with Gasteiger partial charge in [0.25, 0.3) is 0 Å². The van der Waals surface area contributed by atoms with Crippen molar-refractivity contribution in [1.82, 2.24) is 0 Å². The van der Waals surface area contributed by atoms with E-state index < -0.39 is 12.3 Å². The molecule has 86 valence electrons. The molecule has 15 heavy (non-hydrogen) atoms. The molecule has 0 saturated carbocycles. The molecule has 3 unspecified atom stereocenters. The topological polar surface area (TPSA) is 35.5 Å². The molecule has 0 aliphatic carbocycles. The summed E-state index contributed by atoms with van der Waals surface area (Å²) in [5, 5.41) is 0. The van der Waals surface area contributed by atoms with Gasteiger partial charge in [-0.15, -0.1) is 0 Å². The van der Waals surface area contributed by atoms with Crippen LogP contribution in [-0.2, 0) is 14.3 Å². The zero-order valence-corrected chi connectivity index (χ0v) is 9.73. The first kappa shape index (κ1) is 12.2. The van der Waals surface area contributed by atoms with Crippen molar-refractivity contribution in [3.63, 3.8) is 0 Å². The fourth-order valence-electron chi connectivity index (χ4n) is 1.81. The van der Waals surface area contributed by atoms with Crippen LogP contribution in [0.4, 0.5) is 0 Å². The summed E-state index contributed by atoms with van der Waals surface area (Å²) in [5.41, 5.74) is 0. The van der Waals surface area contributed by atoms with Crippen LogP contribution in [0.15, 0.2) is 12.7 Å². The molecule has 0 aromatic rings. The molecule has 1 rings (SSSR count). The van der Waals surface area contributed by atoms with Crippen molar-refractivity contribution < 1.29 is 14.3 Å². The molecule has 1 saturated heterocycles. The van der Waals surface area contributed by atoms with E-state index in [1.54, 1.807) is 0 Å². The van der Waals surface area contributed by atoms with Crippen LogP contribution in [0.25, 0.3) is 0 Å². The Morgan fingerprint density at radius 1 is 1.53 bits per heavy atom. The minimum Gasteiger partial charge on any atom is -0.433 e. The van der Waals surface area contributed by atoms with Gasteiger partial charge in [0.15, 0.2) is 0 Å². The van der Waals surface area contributed by atoms with Crippen molar-refractivity contribution >= 4 is 5.97 Å². The summed E-state index contributed by atoms with van der Waals surface area (Å²) < 4.78 is 10.8. The van der Waals surface area contributed by atoms with Crippen LogP contribution in [0.5, 0.6) is 0 Å². The lowest BCUT2D eigenvalue weighted by Crippen LogP contribution is -2.37. The number of esters is 1. The van der Waals surface area contributed by atoms with E-state index in [1.165, 1.54) is 6.08 Å². The molecule has 0 radical (unpaired) electrons. The molecule has 0 amide bonds. The fourth-order valence-corrected chi connectivity index (χ4v) is 1.81. The van der Waals surface area contributed by atoms with Gasteiger partial charge in [-0.05, 0) is 18.3 Å². The largest absolute Gasteiger partial charge is 0.433 e. The van der Waals surface area contributed by atoms with E-state index >= 15 is 0 Å². The maximum Gasteiger partial charge on any atom is 0.332 e. The minimum absolute atomic E-state index is 0.191. The summed E-state index contributed by atoms with van der Waals surface area (Å²) in [7, 11) is 0. The van der Waals surface area contributed by atoms with E-state index in [0.29, 0.717) is 11.8 Å². The van der Waals surface area contributed by atoms with Crippen molar-refractivity contribution in [2.45, 2.75) is 46.0 Å². The Kier molecular flexibility index (Phi) is 4.33. The molecule has 1 fully saturated rings. The molecule has 3 atom stereocenters. The predicted octanol–water partition coefficient (Wildman–Crippen LogP) is 2.51. The van der Waals surface area contributed by atoms with Crippen molar-refractivity contribution in [2.24, 2.45) is 11.8 Å². The van der Waals surface area contributed by atoms with Crippen LogP contribution in [0.2, 0.25) is 0 Å². The molecule has 3 nitrogen and oxygen atoms in total. The number of ether oxygens (including phenoxy) is 2. The maximum atomic E-state index is 11.0. The number of carbonyl (C=O) groups excluding carboxylic acids is 1. The van der Waals surface area contributed by atoms with E-state index in [-0.39, 0.29) is 6.10 Å². The van der Waals surface area contributed by atoms with Crippen LogP contribution >= 0.6 is 0 Å². The number of hydrogen-bond acceptors (Lipinski definition) is 3. The fraction of sp³-hybridized carbons (Fsp3) is 0.750. The second-order valence-corrected chi connectivity index (χ2v) is 4.57. The lowest BCUT2D eigenvalue weighted by Gasteiger charge is -2.35. The van der Waals surface area contributed by atoms with E-state index in [9.17, 15) is 4.79 Å². The molecule has 1 aliphatic heterocycles. The van der Waals surface area contributed by atoms with Crippen LogP contribution in [-0.4, -0.2) is 18.4 Å². The molecule has 0 spiro atoms. The molecule has 1 heterocycles. The Morgan fingerprint density at radius 2 is 2.20 bits per heavy atom. The van der Waals surface area contributed by atoms with Gasteiger partial charge in [0.2, 0.25) is 6.29 Å². The van der Waals surface area contributed by atoms with Crippen molar-refractivity contribution in [1.29, 1.82) is 0 Å². The van der Waals surface area contributed by atoms with Crippen LogP contribution in [0.1, 0.15) is 33.6 Å². The summed E-state index contributed by atoms with van der Waals surface area (Å²) in [6.45, 7) is 9.77. The quantitative estimate of drug-likeness (QED) is 0.532. The predicted molar refractivity (Wildman–Crippen MR) is 58.2 cm³/mol. The third-order valence-electron chi connectivity index (χ3n) is 2.71. The number of carbonyl (C=O) groups is 1. The molecule has 0 N–H and O–H groups in total. The summed E-state index contributed by atoms with van der Waals surface area (Å²) in [4.78, 5) is 11.0. The van der Waals surface area contributed by atoms with Gasteiger partial charge in [-0.25, -0.2) is 4.79 Å². The molecular weight excluding hydrogens is 192 g/mol. The monoisotopic (exact) mass is 212 g/mol. The van der Waals surface area contributed by atoms with Gasteiger partial charge in [-0.1, -0.05) is 27.4 Å². The summed E-state index contributed by atoms with van der Waals surface area (Å²) >= 11 is 0. The molecule has 0 aromatic heterocycles. The first-order chi connectivity index (χ1) is 7.02. The van der Waals surface area contributed by atoms with Crippen molar-refractivity contribution in [3.05, 3.63) is 12.7 Å². The van der Waals surface area contributed by atoms with Gasteiger partial charge in [0.05, 0.1) is 6.10 Å². The average Bonchev–Trinajstić information content (AvgIpc) is 2.16. The van der Waals surface area contributed by atoms with Gasteiger partial charge in [0.1, 0.15) is 0 Å². The zero-order chi connectivity index (χ0) is 11.4. The first-order valence-corrected chi connectivity index (χ1v) is 5.51. The molecule has 3 heteroatoms. The second kappa shape index (κ2) is 5.31. The van der Waals surface area contributed by atoms with Gasteiger partial charge in [-0.3, -0.25) is 0 Å². The first-order valence-electron chi connectivity index (χ1n) is 5.51. The number of rotatable bonds is 3. The Morgan fingerprint density at radius 3 is 2.73 bits per heavy atom. The maximum absolute atomic E-state index is 11.0. The minimum atomic E-state index is -0.406. The Bertz CT molecular complexity index is 235. The summed E-state index contributed by atoms with van der Waals surface area (Å²) in [6, 6.07) is 0. The van der Waals surface area contributed by atoms with Gasteiger partial charge in [0, 0.05) is 12.5 Å². The standard InChI is InChI=1S/C12H20O3/c1-5-11(13)15-12-7-9(4)6-10(14-12)8(2)3/h5,8-10,12H,1,6-7H2,2-4H3. The highest BCUT2D eigenvalue weighted by Gasteiger charge is 2.30. The third-order valence-corrected chi connectivity index (χ3v) is 2.71. The Hall–Kier alpha value is -0.830. The van der Waals surface area contributed by atoms with Crippen molar-refractivity contribution in [2.75, 3.05) is 0 Å². The van der Waals surface area contributed by atoms with E-state index in [1.807, 2.05) is 0 Å². The lowest BCUT2D eigenvalue weighted by atomic mass is 9.91. The van der Waals surface area contributed by atoms with E-state index in [2.05, 4.69) is 27.4 Å². The summed E-state index contributed by atoms with van der Waals surface area (Å²) in [5.74, 6) is 0.586. The van der Waals surface area contributed by atoms with Crippen LogP contribution in [0, 0.1) is 11.8 Å². The highest BCUT2D eigenvalue weighted by atomic mass is 16.7. The highest BCUT2D eigenvalue weighted by molar-refractivity contribution is 5.81. The molecular formula is C12H20O3. The second-order valence-electron chi connectivity index (χ2n) is 4.57. The van der Waals surface area contributed by atoms with E-state index in [4.69, 9.17) is 9.47 Å². The zero-order valence-electron chi connectivity index (χ0n) is 9.73. The molecule has 0 bridgehead atoms. The van der Waals surface area contributed by atoms with Crippen LogP contribution < -0.4 is 0 Å². The van der Waals surface area contributed by atoms with Gasteiger partial charge >= 0.3 is 5.97 Å². The normalized spacial score (nSPS) is 31.3. The third kappa shape index (κ3) is 3.67. The highest BCUT2D eigenvalue weighted by Crippen LogP contribution is 2.29. The lowest BCUT2D eigenvalue weighted by molar-refractivity contribution is -0.211. The smallest absolute Gasteiger partial charge is 0.332 e. The van der Waals surface area contributed by atoms with Gasteiger partial charge < -0.3 is 9.47 Å². The summed E-state index contributed by atoms with van der Waals surface area (Å²) in [6.07, 6.45) is 2.79. The van der Waals surface area contributed by atoms with E-state index in [0.717, 1.165) is 12.8 Å². The average molecular weight is 212 g/mol. The Balaban J connectivity index is 2.51.